The van der Waals surface area contributed by atoms with Gasteiger partial charge >= 0.3 is 0 Å². The van der Waals surface area contributed by atoms with Crippen LogP contribution >= 0.6 is 11.3 Å². The maximum atomic E-state index is 12.6. The second-order valence-corrected chi connectivity index (χ2v) is 6.98. The van der Waals surface area contributed by atoms with Crippen LogP contribution in [0.2, 0.25) is 0 Å². The number of carbonyl (C=O) groups is 2. The maximum Gasteiger partial charge on any atom is 0.241 e. The monoisotopic (exact) mass is 358 g/mol. The van der Waals surface area contributed by atoms with Crippen molar-refractivity contribution in [2.75, 3.05) is 36.4 Å². The standard InChI is InChI=1S/C18H22N4O2S/c1-13(17(24)20-16-6-4-3-5-15(16)14(2)23)21-8-10-22(11-9-21)18-19-7-12-25-18/h3-7,12-13H,8-11H2,1-2H3,(H,20,24)/t13-/m1/s1. The number of amides is 1. The summed E-state index contributed by atoms with van der Waals surface area (Å²) in [5.41, 5.74) is 1.12. The molecule has 1 atom stereocenters. The Balaban J connectivity index is 1.59. The molecule has 1 N–H and O–H groups in total. The number of ketones is 1. The molecule has 1 aliphatic rings. The molecule has 6 nitrogen and oxygen atoms in total. The number of hydrogen-bond acceptors (Lipinski definition) is 6. The van der Waals surface area contributed by atoms with Gasteiger partial charge in [0.25, 0.3) is 0 Å². The maximum absolute atomic E-state index is 12.6. The summed E-state index contributed by atoms with van der Waals surface area (Å²) in [6.07, 6.45) is 1.81. The molecule has 0 bridgehead atoms. The molecule has 25 heavy (non-hydrogen) atoms. The minimum absolute atomic E-state index is 0.0550. The lowest BCUT2D eigenvalue weighted by molar-refractivity contribution is -0.120. The van der Waals surface area contributed by atoms with Crippen LogP contribution in [0.1, 0.15) is 24.2 Å². The zero-order chi connectivity index (χ0) is 17.8. The van der Waals surface area contributed by atoms with Crippen molar-refractivity contribution in [2.45, 2.75) is 19.9 Å². The summed E-state index contributed by atoms with van der Waals surface area (Å²) in [6.45, 7) is 6.74. The molecule has 2 aromatic rings. The summed E-state index contributed by atoms with van der Waals surface area (Å²) in [6, 6.07) is 6.86. The van der Waals surface area contributed by atoms with Crippen molar-refractivity contribution < 1.29 is 9.59 Å². The van der Waals surface area contributed by atoms with Crippen molar-refractivity contribution in [3.8, 4) is 0 Å². The highest BCUT2D eigenvalue weighted by atomic mass is 32.1. The molecule has 0 saturated carbocycles. The Bertz CT molecular complexity index is 739. The van der Waals surface area contributed by atoms with E-state index in [0.29, 0.717) is 11.3 Å². The van der Waals surface area contributed by atoms with Gasteiger partial charge in [0.1, 0.15) is 0 Å². The lowest BCUT2D eigenvalue weighted by Crippen LogP contribution is -2.52. The van der Waals surface area contributed by atoms with Gasteiger partial charge in [0.15, 0.2) is 10.9 Å². The Morgan fingerprint density at radius 3 is 2.56 bits per heavy atom. The van der Waals surface area contributed by atoms with Gasteiger partial charge in [-0.05, 0) is 26.0 Å². The number of thiazole rings is 1. The van der Waals surface area contributed by atoms with E-state index in [1.807, 2.05) is 24.6 Å². The molecule has 1 fully saturated rings. The smallest absolute Gasteiger partial charge is 0.241 e. The van der Waals surface area contributed by atoms with Crippen LogP contribution in [-0.2, 0) is 4.79 Å². The molecule has 0 aliphatic carbocycles. The number of Topliss-reactive ketones (excluding diaryl/α,β-unsaturated/α-hetero) is 1. The highest BCUT2D eigenvalue weighted by Gasteiger charge is 2.26. The number of anilines is 2. The normalized spacial score (nSPS) is 16.5. The van der Waals surface area contributed by atoms with Crippen LogP contribution < -0.4 is 10.2 Å². The third-order valence-corrected chi connectivity index (χ3v) is 5.33. The predicted molar refractivity (Wildman–Crippen MR) is 100 cm³/mol. The van der Waals surface area contributed by atoms with Crippen LogP contribution in [0.15, 0.2) is 35.8 Å². The fourth-order valence-electron chi connectivity index (χ4n) is 2.97. The molecule has 0 radical (unpaired) electrons. The van der Waals surface area contributed by atoms with E-state index in [4.69, 9.17) is 0 Å². The van der Waals surface area contributed by atoms with Crippen molar-refractivity contribution in [2.24, 2.45) is 0 Å². The van der Waals surface area contributed by atoms with Gasteiger partial charge in [-0.25, -0.2) is 4.98 Å². The number of para-hydroxylation sites is 1. The SMILES string of the molecule is CC(=O)c1ccccc1NC(=O)[C@@H](C)N1CCN(c2nccs2)CC1. The first-order valence-corrected chi connectivity index (χ1v) is 9.23. The number of nitrogens with one attached hydrogen (secondary N) is 1. The number of nitrogens with zero attached hydrogens (tertiary/aromatic N) is 3. The Hall–Kier alpha value is -2.25. The van der Waals surface area contributed by atoms with Crippen LogP contribution in [0.25, 0.3) is 0 Å². The molecular weight excluding hydrogens is 336 g/mol. The minimum atomic E-state index is -0.251. The molecule has 132 valence electrons. The van der Waals surface area contributed by atoms with Gasteiger partial charge < -0.3 is 10.2 Å². The number of carbonyl (C=O) groups excluding carboxylic acids is 2. The van der Waals surface area contributed by atoms with Crippen LogP contribution in [-0.4, -0.2) is 53.8 Å². The topological polar surface area (TPSA) is 65.5 Å². The van der Waals surface area contributed by atoms with Crippen molar-refractivity contribution in [3.05, 3.63) is 41.4 Å². The van der Waals surface area contributed by atoms with Crippen LogP contribution in [0.4, 0.5) is 10.8 Å². The molecule has 7 heteroatoms. The van der Waals surface area contributed by atoms with Gasteiger partial charge in [-0.2, -0.15) is 0 Å². The Morgan fingerprint density at radius 2 is 1.92 bits per heavy atom. The van der Waals surface area contributed by atoms with Crippen molar-refractivity contribution >= 4 is 33.8 Å². The lowest BCUT2D eigenvalue weighted by Gasteiger charge is -2.37. The fourth-order valence-corrected chi connectivity index (χ4v) is 3.67. The number of rotatable bonds is 5. The first kappa shape index (κ1) is 17.6. The predicted octanol–water partition coefficient (Wildman–Crippen LogP) is 2.49. The molecular formula is C18H22N4O2S. The Labute approximate surface area is 151 Å². The molecule has 0 unspecified atom stereocenters. The van der Waals surface area contributed by atoms with Gasteiger partial charge in [0.2, 0.25) is 5.91 Å². The van der Waals surface area contributed by atoms with Crippen LogP contribution in [0.3, 0.4) is 0 Å². The van der Waals surface area contributed by atoms with Crippen molar-refractivity contribution in [1.82, 2.24) is 9.88 Å². The summed E-state index contributed by atoms with van der Waals surface area (Å²) >= 11 is 1.64. The molecule has 1 aromatic carbocycles. The minimum Gasteiger partial charge on any atom is -0.346 e. The van der Waals surface area contributed by atoms with E-state index < -0.39 is 0 Å². The van der Waals surface area contributed by atoms with Gasteiger partial charge in [-0.15, -0.1) is 11.3 Å². The number of aromatic nitrogens is 1. The summed E-state index contributed by atoms with van der Waals surface area (Å²) in [4.78, 5) is 33.1. The lowest BCUT2D eigenvalue weighted by atomic mass is 10.1. The summed E-state index contributed by atoms with van der Waals surface area (Å²) in [5.74, 6) is -0.142. The van der Waals surface area contributed by atoms with E-state index in [-0.39, 0.29) is 17.7 Å². The first-order chi connectivity index (χ1) is 12.1. The summed E-state index contributed by atoms with van der Waals surface area (Å²) in [7, 11) is 0. The second-order valence-electron chi connectivity index (χ2n) is 6.10. The zero-order valence-corrected chi connectivity index (χ0v) is 15.3. The number of hydrogen-bond donors (Lipinski definition) is 1. The van der Waals surface area contributed by atoms with E-state index >= 15 is 0 Å². The first-order valence-electron chi connectivity index (χ1n) is 8.35. The largest absolute Gasteiger partial charge is 0.346 e. The fraction of sp³-hybridized carbons (Fsp3) is 0.389. The average molecular weight is 358 g/mol. The third kappa shape index (κ3) is 4.05. The molecule has 3 rings (SSSR count). The number of benzene rings is 1. The summed E-state index contributed by atoms with van der Waals surface area (Å²) < 4.78 is 0. The molecule has 0 spiro atoms. The quantitative estimate of drug-likeness (QED) is 0.832. The van der Waals surface area contributed by atoms with Gasteiger partial charge in [-0.3, -0.25) is 14.5 Å². The highest BCUT2D eigenvalue weighted by molar-refractivity contribution is 7.13. The van der Waals surface area contributed by atoms with E-state index in [9.17, 15) is 9.59 Å². The van der Waals surface area contributed by atoms with Crippen molar-refractivity contribution in [3.63, 3.8) is 0 Å². The number of piperazine rings is 1. The molecule has 1 aromatic heterocycles. The zero-order valence-electron chi connectivity index (χ0n) is 14.4. The Morgan fingerprint density at radius 1 is 1.20 bits per heavy atom. The molecule has 1 amide bonds. The Kier molecular flexibility index (Phi) is 5.45. The van der Waals surface area contributed by atoms with Crippen LogP contribution in [0.5, 0.6) is 0 Å². The highest BCUT2D eigenvalue weighted by Crippen LogP contribution is 2.20. The molecule has 1 aliphatic heterocycles. The van der Waals surface area contributed by atoms with Crippen molar-refractivity contribution in [1.29, 1.82) is 0 Å². The summed E-state index contributed by atoms with van der Waals surface area (Å²) in [5, 5.41) is 5.91. The second kappa shape index (κ2) is 7.76. The van der Waals surface area contributed by atoms with E-state index in [1.54, 1.807) is 29.5 Å². The van der Waals surface area contributed by atoms with E-state index in [1.165, 1.54) is 6.92 Å². The van der Waals surface area contributed by atoms with Gasteiger partial charge in [0, 0.05) is 43.3 Å². The van der Waals surface area contributed by atoms with Gasteiger partial charge in [-0.1, -0.05) is 12.1 Å². The van der Waals surface area contributed by atoms with Gasteiger partial charge in [0.05, 0.1) is 11.7 Å². The average Bonchev–Trinajstić information content (AvgIpc) is 3.16. The molecule has 1 saturated heterocycles. The van der Waals surface area contributed by atoms with Crippen LogP contribution in [0, 0.1) is 0 Å². The van der Waals surface area contributed by atoms with E-state index in [2.05, 4.69) is 20.1 Å². The van der Waals surface area contributed by atoms with E-state index in [0.717, 1.165) is 31.3 Å². The third-order valence-electron chi connectivity index (χ3n) is 4.50. The molecule has 2 heterocycles.